The van der Waals surface area contributed by atoms with Gasteiger partial charge in [0, 0.05) is 25.6 Å². The van der Waals surface area contributed by atoms with Crippen molar-refractivity contribution >= 4 is 5.78 Å². The van der Waals surface area contributed by atoms with Crippen LogP contribution in [0.2, 0.25) is 0 Å². The Labute approximate surface area is 64.2 Å². The van der Waals surface area contributed by atoms with Gasteiger partial charge in [-0.05, 0) is 6.07 Å². The standard InChI is InChI=1S/C7H10N2O2/c1-5(11)7-4-6(2-3-10)8-9-7/h4,10H,2-3H2,1H3,(H,8,9). The van der Waals surface area contributed by atoms with E-state index < -0.39 is 0 Å². The average molecular weight is 154 g/mol. The first-order valence-corrected chi connectivity index (χ1v) is 3.40. The number of aliphatic hydroxyl groups is 1. The lowest BCUT2D eigenvalue weighted by Crippen LogP contribution is -1.90. The fraction of sp³-hybridized carbons (Fsp3) is 0.429. The third-order valence-electron chi connectivity index (χ3n) is 1.37. The highest BCUT2D eigenvalue weighted by Gasteiger charge is 2.03. The van der Waals surface area contributed by atoms with Gasteiger partial charge in [0.05, 0.1) is 0 Å². The summed E-state index contributed by atoms with van der Waals surface area (Å²) >= 11 is 0. The molecule has 0 aromatic carbocycles. The lowest BCUT2D eigenvalue weighted by atomic mass is 10.2. The number of ketones is 1. The molecule has 1 heterocycles. The molecule has 0 atom stereocenters. The molecule has 1 aromatic heterocycles. The summed E-state index contributed by atoms with van der Waals surface area (Å²) in [4.78, 5) is 10.7. The Balaban J connectivity index is 2.73. The molecule has 0 amide bonds. The summed E-state index contributed by atoms with van der Waals surface area (Å²) in [5, 5.41) is 14.9. The van der Waals surface area contributed by atoms with Crippen LogP contribution in [-0.4, -0.2) is 27.7 Å². The summed E-state index contributed by atoms with van der Waals surface area (Å²) in [5.41, 5.74) is 1.21. The molecule has 0 radical (unpaired) electrons. The summed E-state index contributed by atoms with van der Waals surface area (Å²) < 4.78 is 0. The topological polar surface area (TPSA) is 66.0 Å². The highest BCUT2D eigenvalue weighted by Crippen LogP contribution is 2.00. The number of nitrogens with one attached hydrogen (secondary N) is 1. The number of carbonyl (C=O) groups excluding carboxylic acids is 1. The van der Waals surface area contributed by atoms with Crippen LogP contribution in [0.4, 0.5) is 0 Å². The summed E-state index contributed by atoms with van der Waals surface area (Å²) in [6.45, 7) is 1.53. The van der Waals surface area contributed by atoms with Gasteiger partial charge in [0.15, 0.2) is 5.78 Å². The van der Waals surface area contributed by atoms with Crippen molar-refractivity contribution in [1.29, 1.82) is 0 Å². The van der Waals surface area contributed by atoms with Crippen molar-refractivity contribution in [3.63, 3.8) is 0 Å². The van der Waals surface area contributed by atoms with E-state index in [-0.39, 0.29) is 12.4 Å². The molecular weight excluding hydrogens is 144 g/mol. The number of rotatable bonds is 3. The molecule has 0 unspecified atom stereocenters. The Morgan fingerprint density at radius 3 is 3.00 bits per heavy atom. The zero-order valence-electron chi connectivity index (χ0n) is 6.29. The number of aromatic amines is 1. The van der Waals surface area contributed by atoms with Crippen LogP contribution in [-0.2, 0) is 6.42 Å². The lowest BCUT2D eigenvalue weighted by Gasteiger charge is -1.86. The normalized spacial score (nSPS) is 10.0. The SMILES string of the molecule is CC(=O)c1cc(CCO)[nH]n1. The first-order valence-electron chi connectivity index (χ1n) is 3.40. The lowest BCUT2D eigenvalue weighted by molar-refractivity contribution is 0.101. The Bertz CT molecular complexity index is 255. The van der Waals surface area contributed by atoms with Gasteiger partial charge in [-0.25, -0.2) is 0 Å². The highest BCUT2D eigenvalue weighted by atomic mass is 16.3. The third-order valence-corrected chi connectivity index (χ3v) is 1.37. The highest BCUT2D eigenvalue weighted by molar-refractivity contribution is 5.92. The first-order chi connectivity index (χ1) is 5.24. The van der Waals surface area contributed by atoms with Gasteiger partial charge in [0.25, 0.3) is 0 Å². The molecule has 1 rings (SSSR count). The van der Waals surface area contributed by atoms with Gasteiger partial charge in [-0.15, -0.1) is 0 Å². The molecule has 0 saturated carbocycles. The maximum atomic E-state index is 10.7. The Hall–Kier alpha value is -1.16. The van der Waals surface area contributed by atoms with E-state index in [4.69, 9.17) is 5.11 Å². The molecule has 0 saturated heterocycles. The summed E-state index contributed by atoms with van der Waals surface area (Å²) in [6, 6.07) is 1.65. The predicted octanol–water partition coefficient (Wildman–Crippen LogP) is 0.147. The number of hydrogen-bond donors (Lipinski definition) is 2. The largest absolute Gasteiger partial charge is 0.396 e. The van der Waals surface area contributed by atoms with E-state index in [0.29, 0.717) is 12.1 Å². The number of carbonyl (C=O) groups is 1. The van der Waals surface area contributed by atoms with Crippen LogP contribution in [0, 0.1) is 0 Å². The van der Waals surface area contributed by atoms with Crippen molar-refractivity contribution < 1.29 is 9.90 Å². The fourth-order valence-electron chi connectivity index (χ4n) is 0.790. The fourth-order valence-corrected chi connectivity index (χ4v) is 0.790. The molecule has 0 aliphatic carbocycles. The van der Waals surface area contributed by atoms with Crippen molar-refractivity contribution in [2.45, 2.75) is 13.3 Å². The molecule has 1 aromatic rings. The monoisotopic (exact) mass is 154 g/mol. The van der Waals surface area contributed by atoms with Crippen LogP contribution < -0.4 is 0 Å². The second-order valence-electron chi connectivity index (χ2n) is 2.31. The minimum atomic E-state index is -0.0644. The van der Waals surface area contributed by atoms with Gasteiger partial charge in [0.1, 0.15) is 5.69 Å². The number of nitrogens with zero attached hydrogens (tertiary/aromatic N) is 1. The first kappa shape index (κ1) is 7.94. The van der Waals surface area contributed by atoms with Crippen molar-refractivity contribution in [2.75, 3.05) is 6.61 Å². The van der Waals surface area contributed by atoms with Crippen LogP contribution >= 0.6 is 0 Å². The molecule has 60 valence electrons. The van der Waals surface area contributed by atoms with Crippen molar-refractivity contribution in [2.24, 2.45) is 0 Å². The van der Waals surface area contributed by atoms with E-state index >= 15 is 0 Å². The van der Waals surface area contributed by atoms with Gasteiger partial charge in [-0.1, -0.05) is 0 Å². The quantitative estimate of drug-likeness (QED) is 0.609. The molecule has 0 aliphatic heterocycles. The Kier molecular flexibility index (Phi) is 2.38. The van der Waals surface area contributed by atoms with E-state index in [1.165, 1.54) is 6.92 Å². The molecule has 0 bridgehead atoms. The van der Waals surface area contributed by atoms with E-state index in [1.807, 2.05) is 0 Å². The predicted molar refractivity (Wildman–Crippen MR) is 39.4 cm³/mol. The van der Waals surface area contributed by atoms with Crippen LogP contribution in [0.25, 0.3) is 0 Å². The van der Waals surface area contributed by atoms with Gasteiger partial charge < -0.3 is 5.11 Å². The van der Waals surface area contributed by atoms with E-state index in [9.17, 15) is 4.79 Å². The van der Waals surface area contributed by atoms with E-state index in [2.05, 4.69) is 10.2 Å². The molecular formula is C7H10N2O2. The minimum absolute atomic E-state index is 0.0644. The molecule has 2 N–H and O–H groups in total. The Morgan fingerprint density at radius 2 is 2.55 bits per heavy atom. The smallest absolute Gasteiger partial charge is 0.179 e. The summed E-state index contributed by atoms with van der Waals surface area (Å²) in [6.07, 6.45) is 0.514. The molecule has 0 spiro atoms. The van der Waals surface area contributed by atoms with Crippen LogP contribution in [0.15, 0.2) is 6.07 Å². The molecule has 0 fully saturated rings. The van der Waals surface area contributed by atoms with E-state index in [0.717, 1.165) is 5.69 Å². The molecule has 0 aliphatic rings. The van der Waals surface area contributed by atoms with E-state index in [1.54, 1.807) is 6.07 Å². The summed E-state index contributed by atoms with van der Waals surface area (Å²) in [5.74, 6) is -0.0644. The van der Waals surface area contributed by atoms with Crippen molar-refractivity contribution in [1.82, 2.24) is 10.2 Å². The minimum Gasteiger partial charge on any atom is -0.396 e. The number of Topliss-reactive ketones (excluding diaryl/α,β-unsaturated/α-hetero) is 1. The maximum Gasteiger partial charge on any atom is 0.179 e. The molecule has 4 nitrogen and oxygen atoms in total. The molecule has 4 heteroatoms. The van der Waals surface area contributed by atoms with Crippen molar-refractivity contribution in [3.8, 4) is 0 Å². The second kappa shape index (κ2) is 3.30. The van der Waals surface area contributed by atoms with Crippen LogP contribution in [0.3, 0.4) is 0 Å². The van der Waals surface area contributed by atoms with Crippen LogP contribution in [0.1, 0.15) is 23.1 Å². The second-order valence-corrected chi connectivity index (χ2v) is 2.31. The van der Waals surface area contributed by atoms with Crippen LogP contribution in [0.5, 0.6) is 0 Å². The van der Waals surface area contributed by atoms with Crippen molar-refractivity contribution in [3.05, 3.63) is 17.5 Å². The maximum absolute atomic E-state index is 10.7. The zero-order chi connectivity index (χ0) is 8.27. The van der Waals surface area contributed by atoms with Gasteiger partial charge >= 0.3 is 0 Å². The number of aliphatic hydroxyl groups excluding tert-OH is 1. The number of H-pyrrole nitrogens is 1. The number of hydrogen-bond acceptors (Lipinski definition) is 3. The summed E-state index contributed by atoms with van der Waals surface area (Å²) in [7, 11) is 0. The molecule has 11 heavy (non-hydrogen) atoms. The zero-order valence-corrected chi connectivity index (χ0v) is 6.29. The third kappa shape index (κ3) is 1.88. The number of aromatic nitrogens is 2. The van der Waals surface area contributed by atoms with Gasteiger partial charge in [-0.3, -0.25) is 9.89 Å². The van der Waals surface area contributed by atoms with Gasteiger partial charge in [-0.2, -0.15) is 5.10 Å². The Morgan fingerprint density at radius 1 is 1.82 bits per heavy atom. The van der Waals surface area contributed by atoms with Gasteiger partial charge in [0.2, 0.25) is 0 Å². The average Bonchev–Trinajstić information content (AvgIpc) is 2.37.